The molecule has 2 heteroatoms. The van der Waals surface area contributed by atoms with Gasteiger partial charge < -0.3 is 5.11 Å². The second-order valence-corrected chi connectivity index (χ2v) is 9.05. The van der Waals surface area contributed by atoms with Crippen molar-refractivity contribution in [3.05, 3.63) is 11.6 Å². The van der Waals surface area contributed by atoms with Gasteiger partial charge in [0.05, 0.1) is 12.2 Å². The molecular formula is C20H29NO. The first-order chi connectivity index (χ1) is 10.5. The van der Waals surface area contributed by atoms with Crippen LogP contribution in [0.5, 0.6) is 0 Å². The highest BCUT2D eigenvalue weighted by Gasteiger charge is 2.59. The highest BCUT2D eigenvalue weighted by atomic mass is 16.3. The minimum absolute atomic E-state index is 0.0788. The number of allylic oxidation sites excluding steroid dienone is 2. The quantitative estimate of drug-likeness (QED) is 0.718. The Morgan fingerprint density at radius 2 is 1.86 bits per heavy atom. The number of nitrogens with zero attached hydrogens (tertiary/aromatic N) is 1. The normalized spacial score (nSPS) is 53.7. The Bertz CT molecular complexity index is 546. The van der Waals surface area contributed by atoms with Crippen LogP contribution in [-0.2, 0) is 0 Å². The summed E-state index contributed by atoms with van der Waals surface area (Å²) < 4.78 is 0. The van der Waals surface area contributed by atoms with Crippen LogP contribution >= 0.6 is 0 Å². The van der Waals surface area contributed by atoms with Crippen LogP contribution in [0.4, 0.5) is 0 Å². The van der Waals surface area contributed by atoms with Crippen molar-refractivity contribution in [2.24, 2.45) is 34.5 Å². The fraction of sp³-hybridized carbons (Fsp3) is 0.850. The van der Waals surface area contributed by atoms with Gasteiger partial charge >= 0.3 is 0 Å². The Balaban J connectivity index is 1.66. The largest absolute Gasteiger partial charge is 0.393 e. The van der Waals surface area contributed by atoms with Gasteiger partial charge in [0, 0.05) is 5.57 Å². The number of hydrogen-bond acceptors (Lipinski definition) is 2. The Hall–Kier alpha value is -0.810. The first-order valence-electron chi connectivity index (χ1n) is 9.26. The molecule has 0 saturated heterocycles. The summed E-state index contributed by atoms with van der Waals surface area (Å²) in [4.78, 5) is 0. The Kier molecular flexibility index (Phi) is 3.25. The zero-order valence-corrected chi connectivity index (χ0v) is 14.0. The van der Waals surface area contributed by atoms with Gasteiger partial charge in [-0.15, -0.1) is 0 Å². The molecule has 22 heavy (non-hydrogen) atoms. The van der Waals surface area contributed by atoms with E-state index in [0.717, 1.165) is 48.5 Å². The number of nitriles is 1. The topological polar surface area (TPSA) is 44.0 Å². The smallest absolute Gasteiger partial charge is 0.0943 e. The van der Waals surface area contributed by atoms with Gasteiger partial charge in [0.2, 0.25) is 0 Å². The molecule has 2 nitrogen and oxygen atoms in total. The van der Waals surface area contributed by atoms with Crippen molar-refractivity contribution in [1.82, 2.24) is 0 Å². The summed E-state index contributed by atoms with van der Waals surface area (Å²) in [6.07, 6.45) is 11.6. The second kappa shape index (κ2) is 4.84. The molecule has 4 rings (SSSR count). The maximum Gasteiger partial charge on any atom is 0.0943 e. The summed E-state index contributed by atoms with van der Waals surface area (Å²) in [6.45, 7) is 4.83. The molecule has 0 bridgehead atoms. The van der Waals surface area contributed by atoms with Gasteiger partial charge in [0.15, 0.2) is 0 Å². The summed E-state index contributed by atoms with van der Waals surface area (Å²) in [7, 11) is 0. The average molecular weight is 299 g/mol. The summed E-state index contributed by atoms with van der Waals surface area (Å²) in [6, 6.07) is 2.44. The van der Waals surface area contributed by atoms with Gasteiger partial charge in [-0.1, -0.05) is 19.9 Å². The fourth-order valence-electron chi connectivity index (χ4n) is 7.02. The molecule has 0 amide bonds. The van der Waals surface area contributed by atoms with E-state index in [1.54, 1.807) is 0 Å². The molecule has 3 saturated carbocycles. The van der Waals surface area contributed by atoms with Crippen molar-refractivity contribution in [3.63, 3.8) is 0 Å². The fourth-order valence-corrected chi connectivity index (χ4v) is 7.02. The monoisotopic (exact) mass is 299 g/mol. The molecule has 3 fully saturated rings. The Morgan fingerprint density at radius 3 is 2.64 bits per heavy atom. The molecule has 2 unspecified atom stereocenters. The van der Waals surface area contributed by atoms with E-state index in [2.05, 4.69) is 26.0 Å². The summed E-state index contributed by atoms with van der Waals surface area (Å²) >= 11 is 0. The van der Waals surface area contributed by atoms with Crippen LogP contribution in [0.2, 0.25) is 0 Å². The number of aliphatic hydroxyl groups is 1. The van der Waals surface area contributed by atoms with Crippen molar-refractivity contribution < 1.29 is 5.11 Å². The Labute approximate surface area is 134 Å². The zero-order valence-electron chi connectivity index (χ0n) is 14.0. The van der Waals surface area contributed by atoms with E-state index in [-0.39, 0.29) is 11.5 Å². The molecule has 0 aromatic rings. The second-order valence-electron chi connectivity index (χ2n) is 9.05. The van der Waals surface area contributed by atoms with Crippen LogP contribution < -0.4 is 0 Å². The Morgan fingerprint density at radius 1 is 1.09 bits per heavy atom. The lowest BCUT2D eigenvalue weighted by atomic mass is 9.45. The SMILES string of the molecule is C[C@]12CC(C#N)=CCC1CC[C@@H]1[C@H]2CC[C@]2(C)C(O)CC[C@@H]12. The lowest BCUT2D eigenvalue weighted by molar-refractivity contribution is -0.109. The lowest BCUT2D eigenvalue weighted by Gasteiger charge is -2.59. The van der Waals surface area contributed by atoms with Gasteiger partial charge in [0.1, 0.15) is 0 Å². The minimum atomic E-state index is -0.0788. The van der Waals surface area contributed by atoms with E-state index in [1.807, 2.05) is 0 Å². The van der Waals surface area contributed by atoms with Crippen LogP contribution in [0.15, 0.2) is 11.6 Å². The van der Waals surface area contributed by atoms with Crippen LogP contribution in [-0.4, -0.2) is 11.2 Å². The molecule has 0 aromatic heterocycles. The number of aliphatic hydroxyl groups excluding tert-OH is 1. The minimum Gasteiger partial charge on any atom is -0.393 e. The molecule has 120 valence electrons. The lowest BCUT2D eigenvalue weighted by Crippen LogP contribution is -2.53. The molecule has 0 radical (unpaired) electrons. The molecular weight excluding hydrogens is 270 g/mol. The van der Waals surface area contributed by atoms with Gasteiger partial charge in [-0.3, -0.25) is 0 Å². The van der Waals surface area contributed by atoms with Crippen molar-refractivity contribution in [1.29, 1.82) is 5.26 Å². The highest BCUT2D eigenvalue weighted by molar-refractivity contribution is 5.27. The van der Waals surface area contributed by atoms with Gasteiger partial charge in [0.25, 0.3) is 0 Å². The van der Waals surface area contributed by atoms with E-state index in [0.29, 0.717) is 5.41 Å². The molecule has 1 N–H and O–H groups in total. The first-order valence-corrected chi connectivity index (χ1v) is 9.26. The summed E-state index contributed by atoms with van der Waals surface area (Å²) in [5.74, 6) is 3.05. The van der Waals surface area contributed by atoms with E-state index in [4.69, 9.17) is 0 Å². The molecule has 0 aliphatic heterocycles. The van der Waals surface area contributed by atoms with E-state index >= 15 is 0 Å². The van der Waals surface area contributed by atoms with Crippen LogP contribution in [0.1, 0.15) is 65.2 Å². The predicted molar refractivity (Wildman–Crippen MR) is 86.8 cm³/mol. The van der Waals surface area contributed by atoms with E-state index in [1.165, 1.54) is 32.1 Å². The maximum absolute atomic E-state index is 10.5. The molecule has 4 aliphatic rings. The molecule has 0 aromatic carbocycles. The third kappa shape index (κ3) is 1.81. The number of rotatable bonds is 0. The third-order valence-electron chi connectivity index (χ3n) is 8.38. The van der Waals surface area contributed by atoms with Gasteiger partial charge in [-0.25, -0.2) is 0 Å². The van der Waals surface area contributed by atoms with Crippen molar-refractivity contribution >= 4 is 0 Å². The first kappa shape index (κ1) is 14.8. The van der Waals surface area contributed by atoms with E-state index < -0.39 is 0 Å². The number of hydrogen-bond donors (Lipinski definition) is 1. The van der Waals surface area contributed by atoms with E-state index in [9.17, 15) is 10.4 Å². The van der Waals surface area contributed by atoms with Crippen molar-refractivity contribution in [2.75, 3.05) is 0 Å². The maximum atomic E-state index is 10.5. The highest BCUT2D eigenvalue weighted by Crippen LogP contribution is 2.66. The van der Waals surface area contributed by atoms with Crippen LogP contribution in [0.25, 0.3) is 0 Å². The van der Waals surface area contributed by atoms with Crippen molar-refractivity contribution in [2.45, 2.75) is 71.3 Å². The molecule has 0 heterocycles. The standard InChI is InChI=1S/C20H29NO/c1-19-10-9-17-15(16(19)7-8-18(19)22)6-5-14-4-3-13(12-21)11-20(14,17)2/h3,14-18,22H,4-11H2,1-2H3/t14?,15-,16-,17+,18?,19-,20-/m0/s1. The van der Waals surface area contributed by atoms with Crippen LogP contribution in [0, 0.1) is 45.8 Å². The summed E-state index contributed by atoms with van der Waals surface area (Å²) in [5, 5.41) is 19.9. The van der Waals surface area contributed by atoms with Gasteiger partial charge in [-0.2, -0.15) is 5.26 Å². The average Bonchev–Trinajstić information content (AvgIpc) is 2.81. The molecule has 0 spiro atoms. The van der Waals surface area contributed by atoms with Gasteiger partial charge in [-0.05, 0) is 85.9 Å². The molecule has 7 atom stereocenters. The number of fused-ring (bicyclic) bond motifs is 5. The van der Waals surface area contributed by atoms with Crippen molar-refractivity contribution in [3.8, 4) is 6.07 Å². The zero-order chi connectivity index (χ0) is 15.5. The predicted octanol–water partition coefficient (Wildman–Crippen LogP) is 4.45. The molecule has 4 aliphatic carbocycles. The summed E-state index contributed by atoms with van der Waals surface area (Å²) in [5.41, 5.74) is 1.53. The third-order valence-corrected chi connectivity index (χ3v) is 8.38. The van der Waals surface area contributed by atoms with Crippen LogP contribution in [0.3, 0.4) is 0 Å².